The van der Waals surface area contributed by atoms with Crippen LogP contribution in [0.3, 0.4) is 0 Å². The smallest absolute Gasteiger partial charge is 0.465 e. The Labute approximate surface area is 147 Å². The van der Waals surface area contributed by atoms with Crippen LogP contribution >= 0.6 is 0 Å². The van der Waals surface area contributed by atoms with Crippen molar-refractivity contribution in [2.45, 2.75) is 12.9 Å². The summed E-state index contributed by atoms with van der Waals surface area (Å²) in [7, 11) is 2.70. The third-order valence-electron chi connectivity index (χ3n) is 3.51. The Morgan fingerprint density at radius 1 is 1.00 bits per heavy atom. The van der Waals surface area contributed by atoms with E-state index in [-0.39, 0.29) is 29.0 Å². The van der Waals surface area contributed by atoms with Gasteiger partial charge in [0.1, 0.15) is 5.75 Å². The van der Waals surface area contributed by atoms with E-state index in [1.807, 2.05) is 0 Å². The van der Waals surface area contributed by atoms with Gasteiger partial charge in [-0.15, -0.1) is 13.2 Å². The van der Waals surface area contributed by atoms with Crippen molar-refractivity contribution in [3.05, 3.63) is 65.2 Å². The fraction of sp³-hybridized carbons (Fsp3) is 0.222. The van der Waals surface area contributed by atoms with Crippen LogP contribution < -0.4 is 4.74 Å². The van der Waals surface area contributed by atoms with Gasteiger partial charge >= 0.3 is 12.3 Å². The number of esters is 1. The molecular formula is C18H16F3NO4. The van der Waals surface area contributed by atoms with E-state index in [1.165, 1.54) is 61.5 Å². The van der Waals surface area contributed by atoms with Gasteiger partial charge in [0.25, 0.3) is 5.91 Å². The van der Waals surface area contributed by atoms with Crippen molar-refractivity contribution in [1.29, 1.82) is 0 Å². The van der Waals surface area contributed by atoms with Crippen molar-refractivity contribution < 1.29 is 32.2 Å². The second kappa shape index (κ2) is 7.90. The van der Waals surface area contributed by atoms with Gasteiger partial charge in [-0.3, -0.25) is 4.79 Å². The average molecular weight is 367 g/mol. The molecule has 0 aliphatic rings. The van der Waals surface area contributed by atoms with Crippen LogP contribution in [-0.4, -0.2) is 37.3 Å². The number of ether oxygens (including phenoxy) is 2. The summed E-state index contributed by atoms with van der Waals surface area (Å²) in [5, 5.41) is 0. The number of methoxy groups -OCH3 is 1. The number of halogens is 3. The van der Waals surface area contributed by atoms with E-state index >= 15 is 0 Å². The number of alkyl halides is 3. The third kappa shape index (κ3) is 4.98. The molecule has 2 aromatic carbocycles. The lowest BCUT2D eigenvalue weighted by molar-refractivity contribution is -0.275. The summed E-state index contributed by atoms with van der Waals surface area (Å²) in [6, 6.07) is 11.4. The predicted molar refractivity (Wildman–Crippen MR) is 86.7 cm³/mol. The molecule has 0 saturated carbocycles. The summed E-state index contributed by atoms with van der Waals surface area (Å²) < 4.78 is 46.0. The minimum atomic E-state index is -4.82. The molecule has 1 amide bonds. The van der Waals surface area contributed by atoms with E-state index < -0.39 is 18.2 Å². The van der Waals surface area contributed by atoms with Crippen molar-refractivity contribution in [2.75, 3.05) is 14.2 Å². The van der Waals surface area contributed by atoms with Crippen LogP contribution in [-0.2, 0) is 11.3 Å². The van der Waals surface area contributed by atoms with Gasteiger partial charge in [0.2, 0.25) is 0 Å². The maximum absolute atomic E-state index is 12.5. The highest BCUT2D eigenvalue weighted by Crippen LogP contribution is 2.27. The molecule has 0 saturated heterocycles. The number of hydrogen-bond acceptors (Lipinski definition) is 4. The van der Waals surface area contributed by atoms with E-state index in [0.717, 1.165) is 0 Å². The molecule has 138 valence electrons. The standard InChI is InChI=1S/C18H16F3NO4/c1-22(11-14-5-3-4-6-15(14)26-18(19,20)21)16(23)12-7-9-13(10-8-12)17(24)25-2/h3-10H,11H2,1-2H3. The molecular weight excluding hydrogens is 351 g/mol. The fourth-order valence-electron chi connectivity index (χ4n) is 2.27. The van der Waals surface area contributed by atoms with Crippen LogP contribution in [0.2, 0.25) is 0 Å². The summed E-state index contributed by atoms with van der Waals surface area (Å²) in [5.41, 5.74) is 0.789. The van der Waals surface area contributed by atoms with Crippen LogP contribution in [0.25, 0.3) is 0 Å². The Bertz CT molecular complexity index is 788. The zero-order valence-electron chi connectivity index (χ0n) is 14.0. The molecule has 0 N–H and O–H groups in total. The Morgan fingerprint density at radius 2 is 1.58 bits per heavy atom. The highest BCUT2D eigenvalue weighted by Gasteiger charge is 2.32. The summed E-state index contributed by atoms with van der Waals surface area (Å²) >= 11 is 0. The Morgan fingerprint density at radius 3 is 2.15 bits per heavy atom. The van der Waals surface area contributed by atoms with E-state index in [0.29, 0.717) is 0 Å². The first-order valence-electron chi connectivity index (χ1n) is 7.49. The van der Waals surface area contributed by atoms with E-state index in [9.17, 15) is 22.8 Å². The summed E-state index contributed by atoms with van der Waals surface area (Å²) in [4.78, 5) is 25.1. The lowest BCUT2D eigenvalue weighted by Crippen LogP contribution is -2.27. The second-order valence-corrected chi connectivity index (χ2v) is 5.39. The number of hydrogen-bond donors (Lipinski definition) is 0. The van der Waals surface area contributed by atoms with Gasteiger partial charge < -0.3 is 14.4 Å². The monoisotopic (exact) mass is 367 g/mol. The van der Waals surface area contributed by atoms with Crippen LogP contribution in [0.5, 0.6) is 5.75 Å². The first-order valence-corrected chi connectivity index (χ1v) is 7.49. The van der Waals surface area contributed by atoms with Gasteiger partial charge in [-0.05, 0) is 30.3 Å². The quantitative estimate of drug-likeness (QED) is 0.757. The van der Waals surface area contributed by atoms with Crippen molar-refractivity contribution in [1.82, 2.24) is 4.90 Å². The molecule has 0 bridgehead atoms. The number of benzene rings is 2. The molecule has 0 aromatic heterocycles. The van der Waals surface area contributed by atoms with Gasteiger partial charge in [0.15, 0.2) is 0 Å². The molecule has 26 heavy (non-hydrogen) atoms. The highest BCUT2D eigenvalue weighted by molar-refractivity contribution is 5.96. The molecule has 0 aliphatic carbocycles. The third-order valence-corrected chi connectivity index (χ3v) is 3.51. The fourth-order valence-corrected chi connectivity index (χ4v) is 2.27. The number of carbonyl (C=O) groups excluding carboxylic acids is 2. The molecule has 0 atom stereocenters. The Hall–Kier alpha value is -3.03. The summed E-state index contributed by atoms with van der Waals surface area (Å²) in [6.45, 7) is -0.0795. The number of nitrogens with zero attached hydrogens (tertiary/aromatic N) is 1. The molecule has 0 spiro atoms. The molecule has 0 aliphatic heterocycles. The number of para-hydroxylation sites is 1. The number of carbonyl (C=O) groups is 2. The first kappa shape index (κ1) is 19.3. The normalized spacial score (nSPS) is 11.0. The topological polar surface area (TPSA) is 55.8 Å². The average Bonchev–Trinajstić information content (AvgIpc) is 2.61. The van der Waals surface area contributed by atoms with Crippen LogP contribution in [0.15, 0.2) is 48.5 Å². The number of rotatable bonds is 5. The maximum Gasteiger partial charge on any atom is 0.573 e. The zero-order chi connectivity index (χ0) is 19.3. The highest BCUT2D eigenvalue weighted by atomic mass is 19.4. The molecule has 5 nitrogen and oxygen atoms in total. The molecule has 2 rings (SSSR count). The van der Waals surface area contributed by atoms with Crippen molar-refractivity contribution in [2.24, 2.45) is 0 Å². The predicted octanol–water partition coefficient (Wildman–Crippen LogP) is 3.64. The lowest BCUT2D eigenvalue weighted by Gasteiger charge is -2.20. The summed E-state index contributed by atoms with van der Waals surface area (Å²) in [5.74, 6) is -1.31. The summed E-state index contributed by atoms with van der Waals surface area (Å²) in [6.07, 6.45) is -4.82. The van der Waals surface area contributed by atoms with Crippen LogP contribution in [0, 0.1) is 0 Å². The lowest BCUT2D eigenvalue weighted by atomic mass is 10.1. The minimum Gasteiger partial charge on any atom is -0.465 e. The van der Waals surface area contributed by atoms with E-state index in [2.05, 4.69) is 9.47 Å². The molecule has 0 heterocycles. The Kier molecular flexibility index (Phi) is 5.86. The molecule has 2 aromatic rings. The van der Waals surface area contributed by atoms with Gasteiger partial charge in [-0.2, -0.15) is 0 Å². The van der Waals surface area contributed by atoms with Crippen LogP contribution in [0.4, 0.5) is 13.2 Å². The van der Waals surface area contributed by atoms with Crippen LogP contribution in [0.1, 0.15) is 26.3 Å². The Balaban J connectivity index is 2.14. The van der Waals surface area contributed by atoms with Crippen molar-refractivity contribution in [3.63, 3.8) is 0 Å². The second-order valence-electron chi connectivity index (χ2n) is 5.39. The largest absolute Gasteiger partial charge is 0.573 e. The molecule has 8 heteroatoms. The first-order chi connectivity index (χ1) is 12.2. The van der Waals surface area contributed by atoms with Crippen molar-refractivity contribution >= 4 is 11.9 Å². The zero-order valence-corrected chi connectivity index (χ0v) is 14.0. The molecule has 0 unspecified atom stereocenters. The minimum absolute atomic E-state index is 0.0795. The molecule has 0 radical (unpaired) electrons. The molecule has 0 fully saturated rings. The van der Waals surface area contributed by atoms with E-state index in [1.54, 1.807) is 6.07 Å². The van der Waals surface area contributed by atoms with E-state index in [4.69, 9.17) is 0 Å². The van der Waals surface area contributed by atoms with Gasteiger partial charge in [0, 0.05) is 24.7 Å². The van der Waals surface area contributed by atoms with Gasteiger partial charge in [0.05, 0.1) is 12.7 Å². The maximum atomic E-state index is 12.5. The number of amides is 1. The van der Waals surface area contributed by atoms with Gasteiger partial charge in [-0.25, -0.2) is 4.79 Å². The SMILES string of the molecule is COC(=O)c1ccc(C(=O)N(C)Cc2ccccc2OC(F)(F)F)cc1. The van der Waals surface area contributed by atoms with Crippen molar-refractivity contribution in [3.8, 4) is 5.75 Å². The van der Waals surface area contributed by atoms with Gasteiger partial charge in [-0.1, -0.05) is 18.2 Å².